The second kappa shape index (κ2) is 14.9. The number of aromatic nitrogens is 2. The van der Waals surface area contributed by atoms with Gasteiger partial charge in [-0.15, -0.1) is 0 Å². The van der Waals surface area contributed by atoms with Crippen molar-refractivity contribution in [2.75, 3.05) is 0 Å². The normalized spacial score (nSPS) is 12.7. The maximum atomic E-state index is 10.4. The summed E-state index contributed by atoms with van der Waals surface area (Å²) in [4.78, 5) is 0. The summed E-state index contributed by atoms with van der Waals surface area (Å²) < 4.78 is 4.93. The molecule has 318 valence electrons. The van der Waals surface area contributed by atoms with Gasteiger partial charge in [0.05, 0.1) is 51.0 Å². The predicted molar refractivity (Wildman–Crippen MR) is 270 cm³/mol. The minimum atomic E-state index is -0.0990. The molecule has 0 aliphatic carbocycles. The third-order valence-electron chi connectivity index (χ3n) is 13.2. The molecule has 0 aliphatic heterocycles. The Bertz CT molecular complexity index is 3210. The molecule has 0 spiro atoms. The molecule has 0 radical (unpaired) electrons. The van der Waals surface area contributed by atoms with Crippen LogP contribution in [-0.2, 0) is 21.7 Å². The zero-order chi connectivity index (χ0) is 45.7. The zero-order valence-corrected chi connectivity index (χ0v) is 39.5. The number of rotatable bonds is 4. The SMILES string of the molecule is CC(C)(C)c1ccc2c3ccc(C(C)(C)C)cc3n(-c3cc(-c4cccc(C#N)c4)c(-n4c5cc(C(C)(C)C)ccc5c5ccc(C(C)(C)C)cc54)c(-c4cccc(C#N)c4)c3)c2c1. The second-order valence-corrected chi connectivity index (χ2v) is 21.9. The summed E-state index contributed by atoms with van der Waals surface area (Å²) in [5, 5.41) is 25.5. The first-order valence-electron chi connectivity index (χ1n) is 22.5. The van der Waals surface area contributed by atoms with Crippen molar-refractivity contribution >= 4 is 43.6 Å². The second-order valence-electron chi connectivity index (χ2n) is 21.9. The third-order valence-corrected chi connectivity index (χ3v) is 13.2. The fraction of sp³-hybridized carbons (Fsp3) is 0.267. The summed E-state index contributed by atoms with van der Waals surface area (Å²) >= 11 is 0. The Balaban J connectivity index is 1.54. The molecule has 0 fully saturated rings. The highest BCUT2D eigenvalue weighted by atomic mass is 15.0. The van der Waals surface area contributed by atoms with Gasteiger partial charge in [0.15, 0.2) is 0 Å². The highest BCUT2D eigenvalue weighted by Crippen LogP contribution is 2.46. The van der Waals surface area contributed by atoms with Gasteiger partial charge in [-0.05, 0) is 116 Å². The minimum Gasteiger partial charge on any atom is -0.309 e. The highest BCUT2D eigenvalue weighted by Gasteiger charge is 2.27. The first kappa shape index (κ1) is 42.4. The molecule has 0 atom stereocenters. The predicted octanol–water partition coefficient (Wildman–Crippen LogP) is 16.1. The summed E-state index contributed by atoms with van der Waals surface area (Å²) in [6.07, 6.45) is 0. The Morgan fingerprint density at radius 2 is 0.672 bits per heavy atom. The molecule has 0 saturated heterocycles. The monoisotopic (exact) mass is 834 g/mol. The van der Waals surface area contributed by atoms with E-state index < -0.39 is 0 Å². The molecular weight excluding hydrogens is 777 g/mol. The molecule has 7 aromatic carbocycles. The molecule has 0 amide bonds. The number of nitriles is 2. The summed E-state index contributed by atoms with van der Waals surface area (Å²) in [6, 6.07) is 53.4. The lowest BCUT2D eigenvalue weighted by Gasteiger charge is -2.24. The van der Waals surface area contributed by atoms with Gasteiger partial charge in [0, 0.05) is 38.4 Å². The van der Waals surface area contributed by atoms with Crippen molar-refractivity contribution in [1.29, 1.82) is 10.5 Å². The van der Waals surface area contributed by atoms with Crippen molar-refractivity contribution in [3.8, 4) is 45.8 Å². The van der Waals surface area contributed by atoms with Crippen LogP contribution in [0.3, 0.4) is 0 Å². The molecule has 0 unspecified atom stereocenters. The van der Waals surface area contributed by atoms with E-state index in [-0.39, 0.29) is 21.7 Å². The van der Waals surface area contributed by atoms with Gasteiger partial charge in [-0.2, -0.15) is 10.5 Å². The van der Waals surface area contributed by atoms with Crippen molar-refractivity contribution in [3.05, 3.63) is 167 Å². The van der Waals surface area contributed by atoms with E-state index in [1.54, 1.807) is 0 Å². The topological polar surface area (TPSA) is 57.4 Å². The van der Waals surface area contributed by atoms with E-state index >= 15 is 0 Å². The van der Waals surface area contributed by atoms with Crippen LogP contribution in [0.5, 0.6) is 0 Å². The number of hydrogen-bond acceptors (Lipinski definition) is 2. The Labute approximate surface area is 379 Å². The summed E-state index contributed by atoms with van der Waals surface area (Å²) in [5.74, 6) is 0. The van der Waals surface area contributed by atoms with Crippen LogP contribution in [0.25, 0.3) is 77.2 Å². The quantitative estimate of drug-likeness (QED) is 0.177. The van der Waals surface area contributed by atoms with Gasteiger partial charge in [0.2, 0.25) is 0 Å². The van der Waals surface area contributed by atoms with Crippen molar-refractivity contribution in [3.63, 3.8) is 0 Å². The highest BCUT2D eigenvalue weighted by molar-refractivity contribution is 6.12. The fourth-order valence-corrected chi connectivity index (χ4v) is 9.36. The summed E-state index contributed by atoms with van der Waals surface area (Å²) in [7, 11) is 0. The maximum Gasteiger partial charge on any atom is 0.0991 e. The molecule has 4 heteroatoms. The molecule has 0 aliphatic rings. The maximum absolute atomic E-state index is 10.4. The van der Waals surface area contributed by atoms with Crippen molar-refractivity contribution in [2.45, 2.75) is 105 Å². The van der Waals surface area contributed by atoms with E-state index in [4.69, 9.17) is 0 Å². The molecule has 0 saturated carbocycles. The largest absolute Gasteiger partial charge is 0.309 e. The molecule has 64 heavy (non-hydrogen) atoms. The lowest BCUT2D eigenvalue weighted by molar-refractivity contribution is 0.590. The lowest BCUT2D eigenvalue weighted by Crippen LogP contribution is -2.12. The fourth-order valence-electron chi connectivity index (χ4n) is 9.36. The minimum absolute atomic E-state index is 0.0734. The van der Waals surface area contributed by atoms with E-state index in [9.17, 15) is 10.5 Å². The van der Waals surface area contributed by atoms with Gasteiger partial charge < -0.3 is 9.13 Å². The average Bonchev–Trinajstić information content (AvgIpc) is 3.76. The number of nitrogens with zero attached hydrogens (tertiary/aromatic N) is 4. The molecule has 4 nitrogen and oxygen atoms in total. The zero-order valence-electron chi connectivity index (χ0n) is 39.5. The Kier molecular flexibility index (Phi) is 9.85. The van der Waals surface area contributed by atoms with Crippen LogP contribution in [0, 0.1) is 22.7 Å². The van der Waals surface area contributed by atoms with Crippen LogP contribution in [0.2, 0.25) is 0 Å². The third kappa shape index (κ3) is 7.26. The van der Waals surface area contributed by atoms with Crippen LogP contribution in [0.15, 0.2) is 133 Å². The number of fused-ring (bicyclic) bond motifs is 6. The van der Waals surface area contributed by atoms with E-state index in [1.165, 1.54) is 43.8 Å². The smallest absolute Gasteiger partial charge is 0.0991 e. The molecule has 9 aromatic rings. The standard InChI is InChI=1S/C60H58N4/c1-57(2,3)41-19-23-46-47-24-20-42(58(4,5)6)30-53(47)63(52(46)29-41)45-33-50(39-17-13-15-37(27-39)35-61)56(51(34-45)40-18-14-16-38(28-40)36-62)64-54-31-43(59(7,8)9)21-25-48(54)49-26-22-44(32-55(49)64)60(10,11)12/h13-34H,1-12H3. The summed E-state index contributed by atoms with van der Waals surface area (Å²) in [6.45, 7) is 27.3. The van der Waals surface area contributed by atoms with Gasteiger partial charge in [-0.25, -0.2) is 0 Å². The van der Waals surface area contributed by atoms with Gasteiger partial charge >= 0.3 is 0 Å². The molecule has 9 rings (SSSR count). The van der Waals surface area contributed by atoms with E-state index in [1.807, 2.05) is 36.4 Å². The van der Waals surface area contributed by atoms with Crippen molar-refractivity contribution < 1.29 is 0 Å². The van der Waals surface area contributed by atoms with Crippen LogP contribution in [-0.4, -0.2) is 9.13 Å². The summed E-state index contributed by atoms with van der Waals surface area (Å²) in [5.41, 5.74) is 16.2. The number of benzene rings is 7. The number of hydrogen-bond donors (Lipinski definition) is 0. The first-order chi connectivity index (χ1) is 30.1. The molecule has 2 heterocycles. The van der Waals surface area contributed by atoms with E-state index in [0.717, 1.165) is 55.7 Å². The Morgan fingerprint density at radius 3 is 0.969 bits per heavy atom. The average molecular weight is 835 g/mol. The van der Waals surface area contributed by atoms with Crippen LogP contribution in [0.1, 0.15) is 116 Å². The van der Waals surface area contributed by atoms with Crippen LogP contribution >= 0.6 is 0 Å². The van der Waals surface area contributed by atoms with Gasteiger partial charge in [-0.3, -0.25) is 0 Å². The first-order valence-corrected chi connectivity index (χ1v) is 22.5. The Hall–Kier alpha value is -6.88. The van der Waals surface area contributed by atoms with Crippen molar-refractivity contribution in [2.24, 2.45) is 0 Å². The van der Waals surface area contributed by atoms with Crippen molar-refractivity contribution in [1.82, 2.24) is 9.13 Å². The van der Waals surface area contributed by atoms with E-state index in [2.05, 4.69) is 201 Å². The molecule has 2 aromatic heterocycles. The Morgan fingerprint density at radius 1 is 0.359 bits per heavy atom. The molecule has 0 N–H and O–H groups in total. The van der Waals surface area contributed by atoms with Gasteiger partial charge in [0.25, 0.3) is 0 Å². The van der Waals surface area contributed by atoms with E-state index in [0.29, 0.717) is 11.1 Å². The molecular formula is C60H58N4. The van der Waals surface area contributed by atoms with Gasteiger partial charge in [0.1, 0.15) is 0 Å². The van der Waals surface area contributed by atoms with Crippen LogP contribution in [0.4, 0.5) is 0 Å². The molecule has 0 bridgehead atoms. The van der Waals surface area contributed by atoms with Crippen LogP contribution < -0.4 is 0 Å². The van der Waals surface area contributed by atoms with Gasteiger partial charge in [-0.1, -0.05) is 156 Å². The lowest BCUT2D eigenvalue weighted by atomic mass is 9.86.